The average Bonchev–Trinajstić information content (AvgIpc) is 1.67. The predicted molar refractivity (Wildman–Crippen MR) is 463 cm³/mol. The second-order valence-corrected chi connectivity index (χ2v) is 41.4. The number of nitrogens with zero attached hydrogens (tertiary/aromatic N) is 8. The van der Waals surface area contributed by atoms with Crippen molar-refractivity contribution in [2.45, 2.75) is 222 Å². The zero-order valence-electron chi connectivity index (χ0n) is 72.2. The summed E-state index contributed by atoms with van der Waals surface area (Å²) in [5.74, 6) is -1.00. The van der Waals surface area contributed by atoms with Crippen LogP contribution in [-0.4, -0.2) is 201 Å². The van der Waals surface area contributed by atoms with Gasteiger partial charge in [-0.2, -0.15) is 0 Å². The maximum absolute atomic E-state index is 14.9. The van der Waals surface area contributed by atoms with Crippen molar-refractivity contribution in [2.75, 3.05) is 67.6 Å². The van der Waals surface area contributed by atoms with Crippen LogP contribution >= 0.6 is 45.9 Å². The summed E-state index contributed by atoms with van der Waals surface area (Å²) in [6.07, 6.45) is 8.54. The van der Waals surface area contributed by atoms with Crippen molar-refractivity contribution >= 4 is 115 Å². The minimum Gasteiger partial charge on any atom is -0.491 e. The first-order valence-corrected chi connectivity index (χ1v) is 45.4. The van der Waals surface area contributed by atoms with E-state index in [9.17, 15) is 48.6 Å². The SMILES string of the molecule is C=C[C@@H]1CC1(CC(=O)[C@@H]1C[C@@H](Oc2cc(-c3csc(CC(C)C)n3)nc3c(Cl)c(OCCN(C)C)ccc23)CN1C(=O)[C@@H](CC(=O)OC1C[C@@H]2C[C@@H]2C1)C(C)(C)C)C(=O)O.CC[C@@H]1CC1(CC(=O)[C@@H]1C[C@@H](Oc2cc(-c3csc(CC(C)C)n3)nc3c(Cl)c(OCCN(C)C)ccc23)CN1C(=O)[C@@H](CC(=O)OC1C[C@@H]2C[C@@H]2C1)C(C)(C)C)C(=O)O. The van der Waals surface area contributed by atoms with Gasteiger partial charge in [-0.05, 0) is 162 Å². The molecule has 4 unspecified atom stereocenters. The number of rotatable bonds is 36. The number of esters is 2. The summed E-state index contributed by atoms with van der Waals surface area (Å²) >= 11 is 17.2. The number of likely N-dealkylation sites (N-methyl/N-ethyl adjacent to an activating group) is 2. The normalized spacial score (nSPS) is 26.3. The molecule has 0 bridgehead atoms. The van der Waals surface area contributed by atoms with E-state index in [0.29, 0.717) is 159 Å². The van der Waals surface area contributed by atoms with E-state index < -0.39 is 81.7 Å². The largest absolute Gasteiger partial charge is 0.491 e. The Balaban J connectivity index is 0.000000207. The second kappa shape index (κ2) is 36.5. The van der Waals surface area contributed by atoms with Gasteiger partial charge in [0.1, 0.15) is 70.7 Å². The highest BCUT2D eigenvalue weighted by molar-refractivity contribution is 7.10. The lowest BCUT2D eigenvalue weighted by atomic mass is 9.77. The summed E-state index contributed by atoms with van der Waals surface area (Å²) in [4.78, 5) is 137. The fourth-order valence-corrected chi connectivity index (χ4v) is 21.0. The van der Waals surface area contributed by atoms with Crippen molar-refractivity contribution in [2.24, 2.45) is 80.8 Å². The third-order valence-corrected chi connectivity index (χ3v) is 28.4. The zero-order valence-corrected chi connectivity index (χ0v) is 75.3. The van der Waals surface area contributed by atoms with Crippen LogP contribution in [0.1, 0.15) is 182 Å². The molecule has 2 aromatic carbocycles. The molecule has 16 atom stereocenters. The fourth-order valence-electron chi connectivity index (χ4n) is 18.5. The van der Waals surface area contributed by atoms with Gasteiger partial charge in [-0.3, -0.25) is 38.4 Å². The smallest absolute Gasteiger partial charge is 0.310 e. The van der Waals surface area contributed by atoms with Crippen LogP contribution in [0.2, 0.25) is 10.0 Å². The highest BCUT2D eigenvalue weighted by Crippen LogP contribution is 2.60. The van der Waals surface area contributed by atoms with Crippen molar-refractivity contribution < 1.29 is 77.0 Å². The van der Waals surface area contributed by atoms with Gasteiger partial charge in [0.2, 0.25) is 11.8 Å². The Hall–Kier alpha value is -7.88. The van der Waals surface area contributed by atoms with Gasteiger partial charge in [0.25, 0.3) is 0 Å². The standard InChI is InChI=1S/C46H61ClN4O8S.C46H59ClN4O8S/c2*1-9-28-21-46(28,44(55)56)22-36(52)35-18-30(23-51(35)43(54)32(45(4,5)6)19-40(53)59-29-16-26-15-27(26)17-29)58-38-20-33(34-24-60-39(48-34)14-25(2)3)49-42-31(38)10-11-37(41(42)47)57-13-12-50(7)8/h10-11,20,24-30,32,35H,9,12-19,21-23H2,1-8H3,(H,55,56);9-11,20,24-30,32,35H,1,12-19,21-23H2,2-8H3,(H,55,56)/t2*26-,27+,28-,29?,30-,32-,35+,46?/m11/s1. The molecule has 650 valence electrons. The Morgan fingerprint density at radius 3 is 1.30 bits per heavy atom. The molecule has 2 N–H and O–H groups in total. The number of aliphatic carboxylic acids is 2. The van der Waals surface area contributed by atoms with E-state index in [-0.39, 0.29) is 99.0 Å². The highest BCUT2D eigenvalue weighted by atomic mass is 35.5. The molecule has 2 saturated heterocycles. The number of ketones is 2. The first-order valence-electron chi connectivity index (χ1n) is 42.9. The lowest BCUT2D eigenvalue weighted by molar-refractivity contribution is -0.157. The number of pyridine rings is 2. The molecule has 6 aromatic rings. The van der Waals surface area contributed by atoms with Gasteiger partial charge in [-0.1, -0.05) is 112 Å². The summed E-state index contributed by atoms with van der Waals surface area (Å²) in [6, 6.07) is 9.01. The first-order chi connectivity index (χ1) is 56.7. The third kappa shape index (κ3) is 20.6. The lowest BCUT2D eigenvalue weighted by Crippen LogP contribution is -2.48. The molecule has 8 aliphatic rings. The number of thiazole rings is 2. The minimum absolute atomic E-state index is 0.0433. The summed E-state index contributed by atoms with van der Waals surface area (Å²) in [5, 5.41) is 28.3. The molecular formula is C92H120Cl2N8O16S2. The zero-order chi connectivity index (χ0) is 86.5. The number of halogens is 2. The summed E-state index contributed by atoms with van der Waals surface area (Å²) in [7, 11) is 7.86. The number of fused-ring (bicyclic) bond motifs is 4. The minimum atomic E-state index is -1.26. The maximum atomic E-state index is 14.9. The van der Waals surface area contributed by atoms with Crippen molar-refractivity contribution in [3.8, 4) is 45.8 Å². The molecule has 2 aliphatic heterocycles. The number of carboxylic acids is 2. The van der Waals surface area contributed by atoms with Crippen LogP contribution in [-0.2, 0) is 60.7 Å². The Kier molecular flexibility index (Phi) is 27.3. The molecule has 0 spiro atoms. The van der Waals surface area contributed by atoms with E-state index in [0.717, 1.165) is 48.5 Å². The molecule has 28 heteroatoms. The van der Waals surface area contributed by atoms with Crippen LogP contribution in [0.5, 0.6) is 23.0 Å². The summed E-state index contributed by atoms with van der Waals surface area (Å²) < 4.78 is 37.6. The Labute approximate surface area is 722 Å². The molecule has 4 aromatic heterocycles. The number of amides is 2. The third-order valence-electron chi connectivity index (χ3n) is 25.9. The first kappa shape index (κ1) is 89.9. The maximum Gasteiger partial charge on any atom is 0.310 e. The molecule has 120 heavy (non-hydrogen) atoms. The van der Waals surface area contributed by atoms with Gasteiger partial charge in [0, 0.05) is 85.3 Å². The van der Waals surface area contributed by atoms with E-state index >= 15 is 0 Å². The van der Waals surface area contributed by atoms with Crippen molar-refractivity contribution in [1.29, 1.82) is 0 Å². The van der Waals surface area contributed by atoms with E-state index in [1.54, 1.807) is 45.8 Å². The van der Waals surface area contributed by atoms with Crippen LogP contribution in [0, 0.1) is 80.8 Å². The Morgan fingerprint density at radius 2 is 0.958 bits per heavy atom. The number of hydrogen-bond acceptors (Lipinski definition) is 22. The van der Waals surface area contributed by atoms with E-state index in [1.807, 2.05) is 121 Å². The number of benzene rings is 2. The van der Waals surface area contributed by atoms with Gasteiger partial charge in [0.05, 0.1) is 105 Å². The quantitative estimate of drug-likeness (QED) is 0.0273. The molecule has 6 saturated carbocycles. The van der Waals surface area contributed by atoms with Crippen LogP contribution in [0.15, 0.2) is 59.8 Å². The molecule has 14 rings (SSSR count). The number of allylic oxidation sites excluding steroid dienone is 1. The average molecular weight is 1730 g/mol. The lowest BCUT2D eigenvalue weighted by Gasteiger charge is -2.35. The van der Waals surface area contributed by atoms with Crippen LogP contribution in [0.4, 0.5) is 0 Å². The monoisotopic (exact) mass is 1730 g/mol. The van der Waals surface area contributed by atoms with Crippen molar-refractivity contribution in [3.05, 3.63) is 79.9 Å². The van der Waals surface area contributed by atoms with Crippen molar-refractivity contribution in [3.63, 3.8) is 0 Å². The summed E-state index contributed by atoms with van der Waals surface area (Å²) in [5.41, 5.74) is -0.322. The Bertz CT molecular complexity index is 4840. The molecule has 6 heterocycles. The topological polar surface area (TPSA) is 297 Å². The number of carbonyl (C=O) groups is 8. The van der Waals surface area contributed by atoms with E-state index in [4.69, 9.17) is 71.6 Å². The van der Waals surface area contributed by atoms with Crippen LogP contribution in [0.25, 0.3) is 44.6 Å². The van der Waals surface area contributed by atoms with E-state index in [2.05, 4.69) is 34.3 Å². The highest BCUT2D eigenvalue weighted by Gasteiger charge is 2.63. The fraction of sp³-hybridized carbons (Fsp3) is 0.630. The second-order valence-electron chi connectivity index (χ2n) is 38.8. The van der Waals surface area contributed by atoms with Gasteiger partial charge in [0.15, 0.2) is 11.6 Å². The van der Waals surface area contributed by atoms with Gasteiger partial charge >= 0.3 is 23.9 Å². The summed E-state index contributed by atoms with van der Waals surface area (Å²) in [6.45, 7) is 28.1. The number of carboxylic acid groups (broad SMARTS) is 2. The molecule has 6 aliphatic carbocycles. The van der Waals surface area contributed by atoms with Crippen LogP contribution < -0.4 is 18.9 Å². The van der Waals surface area contributed by atoms with Gasteiger partial charge in [-0.15, -0.1) is 29.3 Å². The van der Waals surface area contributed by atoms with Gasteiger partial charge in [-0.25, -0.2) is 19.9 Å². The Morgan fingerprint density at radius 1 is 0.558 bits per heavy atom. The number of carbonyl (C=O) groups excluding carboxylic acids is 6. The number of hydrogen-bond donors (Lipinski definition) is 2. The van der Waals surface area contributed by atoms with E-state index in [1.165, 1.54) is 17.7 Å². The van der Waals surface area contributed by atoms with Crippen LogP contribution in [0.3, 0.4) is 0 Å². The molecule has 24 nitrogen and oxygen atoms in total. The predicted octanol–water partition coefficient (Wildman–Crippen LogP) is 16.5. The molecule has 2 amide bonds. The number of aromatic nitrogens is 4. The van der Waals surface area contributed by atoms with Gasteiger partial charge < -0.3 is 58.2 Å². The molecule has 0 radical (unpaired) electrons. The number of Topliss-reactive ketones (excluding diaryl/α,β-unsaturated/α-hetero) is 2. The number of likely N-dealkylation sites (tertiary alicyclic amines) is 2. The van der Waals surface area contributed by atoms with Crippen molar-refractivity contribution in [1.82, 2.24) is 39.5 Å². The molecule has 8 fully saturated rings. The number of ether oxygens (including phenoxy) is 6. The molecular weight excluding hydrogens is 1610 g/mol.